The van der Waals surface area contributed by atoms with Crippen LogP contribution < -0.4 is 5.32 Å². The quantitative estimate of drug-likeness (QED) is 0.791. The van der Waals surface area contributed by atoms with E-state index in [0.717, 1.165) is 38.8 Å². The number of hydrogen-bond acceptors (Lipinski definition) is 2. The van der Waals surface area contributed by atoms with Crippen LogP contribution in [0.5, 0.6) is 0 Å². The van der Waals surface area contributed by atoms with Gasteiger partial charge in [-0.3, -0.25) is 0 Å². The number of urea groups is 1. The molecule has 0 bridgehead atoms. The highest BCUT2D eigenvalue weighted by molar-refractivity contribution is 5.82. The van der Waals surface area contributed by atoms with Crippen molar-refractivity contribution in [3.63, 3.8) is 0 Å². The van der Waals surface area contributed by atoms with E-state index in [2.05, 4.69) is 12.2 Å². The van der Waals surface area contributed by atoms with Crippen LogP contribution in [-0.4, -0.2) is 41.1 Å². The minimum absolute atomic E-state index is 0.231. The Labute approximate surface area is 109 Å². The molecule has 0 spiro atoms. The average Bonchev–Trinajstić information content (AvgIpc) is 2.34. The second kappa shape index (κ2) is 7.24. The topological polar surface area (TPSA) is 69.6 Å². The van der Waals surface area contributed by atoms with Gasteiger partial charge in [0.2, 0.25) is 0 Å². The lowest BCUT2D eigenvalue weighted by atomic mass is 9.99. The van der Waals surface area contributed by atoms with Gasteiger partial charge in [-0.2, -0.15) is 0 Å². The molecule has 0 saturated carbocycles. The van der Waals surface area contributed by atoms with Crippen molar-refractivity contribution in [3.8, 4) is 0 Å². The second-order valence-electron chi connectivity index (χ2n) is 5.15. The van der Waals surface area contributed by atoms with Crippen LogP contribution >= 0.6 is 0 Å². The molecule has 5 heteroatoms. The Kier molecular flexibility index (Phi) is 5.95. The van der Waals surface area contributed by atoms with Crippen LogP contribution in [0.2, 0.25) is 0 Å². The fourth-order valence-corrected chi connectivity index (χ4v) is 2.12. The van der Waals surface area contributed by atoms with E-state index in [4.69, 9.17) is 5.11 Å². The number of piperidine rings is 1. The first-order chi connectivity index (χ1) is 8.54. The molecule has 0 aromatic heterocycles. The average molecular weight is 256 g/mol. The predicted molar refractivity (Wildman–Crippen MR) is 69.5 cm³/mol. The highest BCUT2D eigenvalue weighted by atomic mass is 16.4. The summed E-state index contributed by atoms with van der Waals surface area (Å²) >= 11 is 0. The highest BCUT2D eigenvalue weighted by Gasteiger charge is 2.25. The summed E-state index contributed by atoms with van der Waals surface area (Å²) in [7, 11) is 0. The van der Waals surface area contributed by atoms with E-state index in [-0.39, 0.29) is 6.03 Å². The van der Waals surface area contributed by atoms with Gasteiger partial charge in [-0.15, -0.1) is 0 Å². The van der Waals surface area contributed by atoms with Crippen molar-refractivity contribution in [2.75, 3.05) is 13.1 Å². The van der Waals surface area contributed by atoms with Gasteiger partial charge in [0.1, 0.15) is 6.04 Å². The molecule has 5 nitrogen and oxygen atoms in total. The van der Waals surface area contributed by atoms with E-state index in [9.17, 15) is 9.59 Å². The van der Waals surface area contributed by atoms with Crippen LogP contribution in [0.1, 0.15) is 46.0 Å². The lowest BCUT2D eigenvalue weighted by molar-refractivity contribution is -0.139. The van der Waals surface area contributed by atoms with Gasteiger partial charge in [-0.25, -0.2) is 9.59 Å². The third-order valence-electron chi connectivity index (χ3n) is 3.51. The molecule has 1 aliphatic heterocycles. The van der Waals surface area contributed by atoms with Gasteiger partial charge in [-0.1, -0.05) is 26.7 Å². The molecule has 104 valence electrons. The molecule has 0 aromatic rings. The summed E-state index contributed by atoms with van der Waals surface area (Å²) in [6, 6.07) is -0.984. The second-order valence-corrected chi connectivity index (χ2v) is 5.15. The largest absolute Gasteiger partial charge is 0.480 e. The summed E-state index contributed by atoms with van der Waals surface area (Å²) in [5.41, 5.74) is 0. The van der Waals surface area contributed by atoms with Crippen LogP contribution in [0, 0.1) is 5.92 Å². The normalized spacial score (nSPS) is 18.4. The van der Waals surface area contributed by atoms with Crippen molar-refractivity contribution in [3.05, 3.63) is 0 Å². The maximum Gasteiger partial charge on any atom is 0.326 e. The summed E-state index contributed by atoms with van der Waals surface area (Å²) in [5.74, 6) is -0.286. The van der Waals surface area contributed by atoms with Crippen LogP contribution in [-0.2, 0) is 4.79 Å². The van der Waals surface area contributed by atoms with Crippen molar-refractivity contribution < 1.29 is 14.7 Å². The fraction of sp³-hybridized carbons (Fsp3) is 0.846. The molecule has 1 atom stereocenters. The summed E-state index contributed by atoms with van der Waals surface area (Å²) in [5, 5.41) is 11.7. The number of likely N-dealkylation sites (tertiary alicyclic amines) is 1. The van der Waals surface area contributed by atoms with E-state index in [0.29, 0.717) is 12.3 Å². The first-order valence-corrected chi connectivity index (χ1v) is 6.82. The van der Waals surface area contributed by atoms with Crippen LogP contribution in [0.15, 0.2) is 0 Å². The van der Waals surface area contributed by atoms with Crippen molar-refractivity contribution in [2.24, 2.45) is 5.92 Å². The molecular weight excluding hydrogens is 232 g/mol. The number of carboxylic acid groups (broad SMARTS) is 1. The number of nitrogens with zero attached hydrogens (tertiary/aromatic N) is 1. The smallest absolute Gasteiger partial charge is 0.326 e. The van der Waals surface area contributed by atoms with Crippen molar-refractivity contribution in [2.45, 2.75) is 52.0 Å². The zero-order valence-corrected chi connectivity index (χ0v) is 11.3. The van der Waals surface area contributed by atoms with Crippen LogP contribution in [0.3, 0.4) is 0 Å². The number of carbonyl (C=O) groups is 2. The Morgan fingerprint density at radius 1 is 1.39 bits per heavy atom. The van der Waals surface area contributed by atoms with Gasteiger partial charge < -0.3 is 15.3 Å². The molecule has 0 aliphatic carbocycles. The predicted octanol–water partition coefficient (Wildman–Crippen LogP) is 2.07. The molecule has 1 rings (SSSR count). The molecule has 1 aliphatic rings. The number of rotatable bonds is 5. The first-order valence-electron chi connectivity index (χ1n) is 6.82. The van der Waals surface area contributed by atoms with E-state index in [1.54, 1.807) is 4.90 Å². The van der Waals surface area contributed by atoms with Crippen LogP contribution in [0.4, 0.5) is 4.79 Å². The molecular formula is C13H24N2O3. The molecule has 2 amide bonds. The lowest BCUT2D eigenvalue weighted by Gasteiger charge is -2.31. The minimum atomic E-state index is -0.942. The molecule has 2 N–H and O–H groups in total. The summed E-state index contributed by atoms with van der Waals surface area (Å²) in [4.78, 5) is 24.7. The Morgan fingerprint density at radius 2 is 2.00 bits per heavy atom. The van der Waals surface area contributed by atoms with Gasteiger partial charge in [0, 0.05) is 13.1 Å². The Bertz CT molecular complexity index is 286. The van der Waals surface area contributed by atoms with E-state index < -0.39 is 12.0 Å². The minimum Gasteiger partial charge on any atom is -0.480 e. The Balaban J connectivity index is 2.42. The number of carboxylic acids is 1. The fourth-order valence-electron chi connectivity index (χ4n) is 2.12. The molecule has 1 saturated heterocycles. The van der Waals surface area contributed by atoms with Crippen molar-refractivity contribution in [1.29, 1.82) is 0 Å². The van der Waals surface area contributed by atoms with E-state index in [1.807, 2.05) is 6.92 Å². The number of nitrogens with one attached hydrogen (secondary N) is 1. The number of unbranched alkanes of at least 4 members (excludes halogenated alkanes) is 1. The van der Waals surface area contributed by atoms with Gasteiger partial charge in [-0.05, 0) is 25.2 Å². The van der Waals surface area contributed by atoms with E-state index >= 15 is 0 Å². The SMILES string of the molecule is CCCCC(NC(=O)N1CCC(C)CC1)C(=O)O. The Morgan fingerprint density at radius 3 is 2.50 bits per heavy atom. The lowest BCUT2D eigenvalue weighted by Crippen LogP contribution is -2.50. The summed E-state index contributed by atoms with van der Waals surface area (Å²) in [6.07, 6.45) is 4.25. The monoisotopic (exact) mass is 256 g/mol. The zero-order chi connectivity index (χ0) is 13.5. The number of hydrogen-bond donors (Lipinski definition) is 2. The summed E-state index contributed by atoms with van der Waals surface area (Å²) in [6.45, 7) is 5.64. The third kappa shape index (κ3) is 4.55. The van der Waals surface area contributed by atoms with Crippen molar-refractivity contribution in [1.82, 2.24) is 10.2 Å². The van der Waals surface area contributed by atoms with Gasteiger partial charge in [0.25, 0.3) is 0 Å². The number of aliphatic carboxylic acids is 1. The molecule has 1 fully saturated rings. The molecule has 1 unspecified atom stereocenters. The number of amides is 2. The van der Waals surface area contributed by atoms with Crippen molar-refractivity contribution >= 4 is 12.0 Å². The summed E-state index contributed by atoms with van der Waals surface area (Å²) < 4.78 is 0. The maximum atomic E-state index is 11.9. The van der Waals surface area contributed by atoms with Crippen LogP contribution in [0.25, 0.3) is 0 Å². The van der Waals surface area contributed by atoms with Gasteiger partial charge in [0.15, 0.2) is 0 Å². The molecule has 0 aromatic carbocycles. The van der Waals surface area contributed by atoms with Gasteiger partial charge >= 0.3 is 12.0 Å². The first kappa shape index (κ1) is 14.8. The van der Waals surface area contributed by atoms with E-state index in [1.165, 1.54) is 0 Å². The highest BCUT2D eigenvalue weighted by Crippen LogP contribution is 2.16. The Hall–Kier alpha value is -1.26. The standard InChI is InChI=1S/C13H24N2O3/c1-3-4-5-11(12(16)17)14-13(18)15-8-6-10(2)7-9-15/h10-11H,3-9H2,1-2H3,(H,14,18)(H,16,17). The maximum absolute atomic E-state index is 11.9. The zero-order valence-electron chi connectivity index (χ0n) is 11.3. The number of carbonyl (C=O) groups excluding carboxylic acids is 1. The molecule has 0 radical (unpaired) electrons. The third-order valence-corrected chi connectivity index (χ3v) is 3.51. The molecule has 1 heterocycles. The van der Waals surface area contributed by atoms with Gasteiger partial charge in [0.05, 0.1) is 0 Å². The molecule has 18 heavy (non-hydrogen) atoms.